The van der Waals surface area contributed by atoms with Crippen molar-refractivity contribution in [2.45, 2.75) is 6.42 Å². The molecule has 2 aromatic rings. The highest BCUT2D eigenvalue weighted by molar-refractivity contribution is 5.97. The third-order valence-electron chi connectivity index (χ3n) is 2.57. The Morgan fingerprint density at radius 2 is 1.72 bits per heavy atom. The molecule has 0 radical (unpaired) electrons. The molecule has 0 saturated carbocycles. The van der Waals surface area contributed by atoms with Crippen LogP contribution in [0.3, 0.4) is 0 Å². The van der Waals surface area contributed by atoms with Crippen LogP contribution in [0, 0.1) is 11.6 Å². The highest BCUT2D eigenvalue weighted by Crippen LogP contribution is 2.16. The van der Waals surface area contributed by atoms with Gasteiger partial charge in [-0.3, -0.25) is 4.79 Å². The molecule has 0 aliphatic carbocycles. The van der Waals surface area contributed by atoms with Crippen LogP contribution < -0.4 is 0 Å². The van der Waals surface area contributed by atoms with Gasteiger partial charge < -0.3 is 5.11 Å². The van der Waals surface area contributed by atoms with Crippen LogP contribution in [-0.2, 0) is 6.42 Å². The van der Waals surface area contributed by atoms with E-state index in [0.717, 1.165) is 6.07 Å². The molecule has 4 heteroatoms. The number of phenolic OH excluding ortho intramolecular Hbond substituents is 1. The SMILES string of the molecule is O=C(Cc1cccc(F)c1F)c1ccc(O)cc1. The molecule has 0 unspecified atom stereocenters. The summed E-state index contributed by atoms with van der Waals surface area (Å²) >= 11 is 0. The van der Waals surface area contributed by atoms with Gasteiger partial charge in [0.05, 0.1) is 0 Å². The molecule has 0 saturated heterocycles. The van der Waals surface area contributed by atoms with Gasteiger partial charge in [-0.2, -0.15) is 0 Å². The van der Waals surface area contributed by atoms with E-state index in [9.17, 15) is 13.6 Å². The first-order valence-electron chi connectivity index (χ1n) is 5.33. The standard InChI is InChI=1S/C14H10F2O2/c15-12-3-1-2-10(14(12)16)8-13(18)9-4-6-11(17)7-5-9/h1-7,17H,8H2. The van der Waals surface area contributed by atoms with Crippen molar-refractivity contribution in [3.8, 4) is 5.75 Å². The minimum absolute atomic E-state index is 0.0214. The predicted octanol–water partition coefficient (Wildman–Crippen LogP) is 3.10. The maximum atomic E-state index is 13.4. The number of phenols is 1. The van der Waals surface area contributed by atoms with Crippen LogP contribution in [0.15, 0.2) is 42.5 Å². The monoisotopic (exact) mass is 248 g/mol. The van der Waals surface area contributed by atoms with Crippen molar-refractivity contribution >= 4 is 5.78 Å². The van der Waals surface area contributed by atoms with E-state index in [4.69, 9.17) is 5.11 Å². The number of carbonyl (C=O) groups is 1. The number of ketones is 1. The first-order valence-corrected chi connectivity index (χ1v) is 5.33. The fraction of sp³-hybridized carbons (Fsp3) is 0.0714. The number of hydrogen-bond acceptors (Lipinski definition) is 2. The third kappa shape index (κ3) is 2.53. The lowest BCUT2D eigenvalue weighted by atomic mass is 10.0. The van der Waals surface area contributed by atoms with Gasteiger partial charge in [0.1, 0.15) is 5.75 Å². The van der Waals surface area contributed by atoms with Gasteiger partial charge >= 0.3 is 0 Å². The van der Waals surface area contributed by atoms with Crippen molar-refractivity contribution in [2.24, 2.45) is 0 Å². The molecular formula is C14H10F2O2. The van der Waals surface area contributed by atoms with E-state index < -0.39 is 11.6 Å². The molecule has 92 valence electrons. The van der Waals surface area contributed by atoms with Crippen LogP contribution in [0.2, 0.25) is 0 Å². The summed E-state index contributed by atoms with van der Waals surface area (Å²) in [7, 11) is 0. The number of benzene rings is 2. The molecule has 2 rings (SSSR count). The number of halogens is 2. The first kappa shape index (κ1) is 12.2. The molecule has 0 atom stereocenters. The molecule has 2 aromatic carbocycles. The molecule has 0 amide bonds. The second kappa shape index (κ2) is 4.96. The van der Waals surface area contributed by atoms with E-state index in [1.54, 1.807) is 0 Å². The lowest BCUT2D eigenvalue weighted by molar-refractivity contribution is 0.0991. The Morgan fingerprint density at radius 3 is 2.39 bits per heavy atom. The smallest absolute Gasteiger partial charge is 0.167 e. The number of Topliss-reactive ketones (excluding diaryl/α,β-unsaturated/α-hetero) is 1. The molecule has 0 aromatic heterocycles. The molecular weight excluding hydrogens is 238 g/mol. The van der Waals surface area contributed by atoms with E-state index in [-0.39, 0.29) is 23.5 Å². The van der Waals surface area contributed by atoms with Crippen molar-refractivity contribution in [2.75, 3.05) is 0 Å². The van der Waals surface area contributed by atoms with Gasteiger partial charge in [0.2, 0.25) is 0 Å². The lowest BCUT2D eigenvalue weighted by Crippen LogP contribution is -2.06. The van der Waals surface area contributed by atoms with Crippen molar-refractivity contribution in [1.29, 1.82) is 0 Å². The van der Waals surface area contributed by atoms with Gasteiger partial charge in [-0.25, -0.2) is 8.78 Å². The Bertz CT molecular complexity index is 577. The summed E-state index contributed by atoms with van der Waals surface area (Å²) in [5.74, 6) is -2.25. The average molecular weight is 248 g/mol. The Balaban J connectivity index is 2.21. The molecule has 0 aliphatic rings. The molecule has 0 aliphatic heterocycles. The van der Waals surface area contributed by atoms with Gasteiger partial charge in [0, 0.05) is 12.0 Å². The van der Waals surface area contributed by atoms with Crippen LogP contribution in [0.1, 0.15) is 15.9 Å². The topological polar surface area (TPSA) is 37.3 Å². The van der Waals surface area contributed by atoms with Gasteiger partial charge in [0.25, 0.3) is 0 Å². The number of aromatic hydroxyl groups is 1. The van der Waals surface area contributed by atoms with Crippen LogP contribution in [-0.4, -0.2) is 10.9 Å². The minimum atomic E-state index is -0.996. The Morgan fingerprint density at radius 1 is 1.06 bits per heavy atom. The van der Waals surface area contributed by atoms with Gasteiger partial charge in [-0.1, -0.05) is 12.1 Å². The van der Waals surface area contributed by atoms with Crippen LogP contribution in [0.25, 0.3) is 0 Å². The summed E-state index contributed by atoms with van der Waals surface area (Å²) in [5.41, 5.74) is 0.365. The summed E-state index contributed by atoms with van der Waals surface area (Å²) in [6.07, 6.45) is -0.214. The van der Waals surface area contributed by atoms with Crippen molar-refractivity contribution in [1.82, 2.24) is 0 Å². The van der Waals surface area contributed by atoms with E-state index in [1.807, 2.05) is 0 Å². The molecule has 2 nitrogen and oxygen atoms in total. The van der Waals surface area contributed by atoms with Crippen molar-refractivity contribution < 1.29 is 18.7 Å². The van der Waals surface area contributed by atoms with E-state index in [1.165, 1.54) is 36.4 Å². The highest BCUT2D eigenvalue weighted by atomic mass is 19.2. The van der Waals surface area contributed by atoms with E-state index >= 15 is 0 Å². The second-order valence-electron chi connectivity index (χ2n) is 3.86. The Hall–Kier alpha value is -2.23. The largest absolute Gasteiger partial charge is 0.508 e. The summed E-state index contributed by atoms with van der Waals surface area (Å²) < 4.78 is 26.3. The molecule has 18 heavy (non-hydrogen) atoms. The maximum absolute atomic E-state index is 13.4. The number of rotatable bonds is 3. The maximum Gasteiger partial charge on any atom is 0.167 e. The third-order valence-corrected chi connectivity index (χ3v) is 2.57. The van der Waals surface area contributed by atoms with Gasteiger partial charge in [-0.05, 0) is 35.9 Å². The lowest BCUT2D eigenvalue weighted by Gasteiger charge is -2.04. The molecule has 0 fully saturated rings. The fourth-order valence-electron chi connectivity index (χ4n) is 1.61. The highest BCUT2D eigenvalue weighted by Gasteiger charge is 2.13. The van der Waals surface area contributed by atoms with Crippen molar-refractivity contribution in [3.05, 3.63) is 65.2 Å². The summed E-state index contributed by atoms with van der Waals surface area (Å²) in [4.78, 5) is 11.8. The minimum Gasteiger partial charge on any atom is -0.508 e. The molecule has 0 spiro atoms. The van der Waals surface area contributed by atoms with Gasteiger partial charge in [0.15, 0.2) is 17.4 Å². The Kier molecular flexibility index (Phi) is 3.37. The van der Waals surface area contributed by atoms with Crippen LogP contribution in [0.5, 0.6) is 5.75 Å². The van der Waals surface area contributed by atoms with Crippen molar-refractivity contribution in [3.63, 3.8) is 0 Å². The molecule has 0 bridgehead atoms. The normalized spacial score (nSPS) is 10.3. The summed E-state index contributed by atoms with van der Waals surface area (Å²) in [6, 6.07) is 9.35. The Labute approximate surface area is 103 Å². The summed E-state index contributed by atoms with van der Waals surface area (Å²) in [5, 5.41) is 9.09. The molecule has 0 heterocycles. The summed E-state index contributed by atoms with van der Waals surface area (Å²) in [6.45, 7) is 0. The fourth-order valence-corrected chi connectivity index (χ4v) is 1.61. The van der Waals surface area contributed by atoms with Crippen LogP contribution in [0.4, 0.5) is 8.78 Å². The number of hydrogen-bond donors (Lipinski definition) is 1. The van der Waals surface area contributed by atoms with E-state index in [2.05, 4.69) is 0 Å². The quantitative estimate of drug-likeness (QED) is 0.847. The van der Waals surface area contributed by atoms with Crippen LogP contribution >= 0.6 is 0 Å². The predicted molar refractivity (Wildman–Crippen MR) is 62.5 cm³/mol. The average Bonchev–Trinajstić information content (AvgIpc) is 2.36. The molecule has 1 N–H and O–H groups in total. The zero-order chi connectivity index (χ0) is 13.1. The van der Waals surface area contributed by atoms with Gasteiger partial charge in [-0.15, -0.1) is 0 Å². The first-order chi connectivity index (χ1) is 8.58. The number of carbonyl (C=O) groups excluding carboxylic acids is 1. The zero-order valence-corrected chi connectivity index (χ0v) is 9.36. The second-order valence-corrected chi connectivity index (χ2v) is 3.86. The van der Waals surface area contributed by atoms with E-state index in [0.29, 0.717) is 5.56 Å². The zero-order valence-electron chi connectivity index (χ0n) is 9.36.